The smallest absolute Gasteiger partial charge is 0.311 e. The number of nitro groups is 1. The Kier molecular flexibility index (Phi) is 5.94. The predicted molar refractivity (Wildman–Crippen MR) is 113 cm³/mol. The normalized spacial score (nSPS) is 14.6. The van der Waals surface area contributed by atoms with Gasteiger partial charge in [0.05, 0.1) is 27.5 Å². The van der Waals surface area contributed by atoms with Crippen molar-refractivity contribution in [1.82, 2.24) is 9.97 Å². The molecule has 1 saturated carbocycles. The fourth-order valence-electron chi connectivity index (χ4n) is 3.70. The maximum absolute atomic E-state index is 13.4. The maximum Gasteiger partial charge on any atom is 0.311 e. The third kappa shape index (κ3) is 4.43. The van der Waals surface area contributed by atoms with Crippen molar-refractivity contribution in [1.29, 1.82) is 0 Å². The van der Waals surface area contributed by atoms with E-state index < -0.39 is 10.7 Å². The van der Waals surface area contributed by atoms with E-state index in [2.05, 4.69) is 15.3 Å². The molecule has 1 aromatic heterocycles. The molecule has 4 rings (SSSR count). The lowest BCUT2D eigenvalue weighted by Crippen LogP contribution is -2.15. The van der Waals surface area contributed by atoms with Gasteiger partial charge in [-0.2, -0.15) is 0 Å². The van der Waals surface area contributed by atoms with Gasteiger partial charge in [-0.3, -0.25) is 10.1 Å². The van der Waals surface area contributed by atoms with E-state index in [9.17, 15) is 14.5 Å². The number of nitrogens with one attached hydrogen (secondary N) is 1. The van der Waals surface area contributed by atoms with Gasteiger partial charge in [-0.1, -0.05) is 30.9 Å². The molecule has 2 aromatic carbocycles. The first-order valence-corrected chi connectivity index (χ1v) is 10.2. The Morgan fingerprint density at radius 3 is 2.73 bits per heavy atom. The summed E-state index contributed by atoms with van der Waals surface area (Å²) in [5, 5.41) is 15.1. The summed E-state index contributed by atoms with van der Waals surface area (Å²) >= 11 is 5.83. The van der Waals surface area contributed by atoms with Crippen LogP contribution in [-0.4, -0.2) is 21.5 Å². The summed E-state index contributed by atoms with van der Waals surface area (Å²) in [5.41, 5.74) is 0.861. The molecule has 9 heteroatoms. The van der Waals surface area contributed by atoms with Crippen LogP contribution in [0.1, 0.15) is 32.1 Å². The van der Waals surface area contributed by atoms with Gasteiger partial charge in [0.25, 0.3) is 0 Å². The molecule has 156 valence electrons. The molecule has 0 atom stereocenters. The van der Waals surface area contributed by atoms with Crippen molar-refractivity contribution in [2.45, 2.75) is 32.1 Å². The first kappa shape index (κ1) is 20.3. The number of halogens is 2. The first-order chi connectivity index (χ1) is 14.5. The van der Waals surface area contributed by atoms with E-state index in [-0.39, 0.29) is 16.5 Å². The number of ether oxygens (including phenoxy) is 1. The molecule has 0 radical (unpaired) electrons. The molecule has 0 aliphatic heterocycles. The fourth-order valence-corrected chi connectivity index (χ4v) is 3.88. The summed E-state index contributed by atoms with van der Waals surface area (Å²) in [6.07, 6.45) is 7.09. The molecule has 1 fully saturated rings. The number of rotatable bonds is 6. The van der Waals surface area contributed by atoms with Crippen molar-refractivity contribution in [3.05, 3.63) is 57.6 Å². The van der Waals surface area contributed by atoms with E-state index in [1.165, 1.54) is 49.9 Å². The third-order valence-electron chi connectivity index (χ3n) is 5.29. The van der Waals surface area contributed by atoms with Crippen molar-refractivity contribution in [3.8, 4) is 5.75 Å². The lowest BCUT2D eigenvalue weighted by atomic mass is 9.90. The Hall–Kier alpha value is -3.00. The van der Waals surface area contributed by atoms with Crippen LogP contribution < -0.4 is 10.1 Å². The molecular weight excluding hydrogens is 411 g/mol. The molecule has 0 bridgehead atoms. The summed E-state index contributed by atoms with van der Waals surface area (Å²) < 4.78 is 19.3. The predicted octanol–water partition coefficient (Wildman–Crippen LogP) is 6.03. The number of nitro benzene ring substituents is 1. The molecule has 0 unspecified atom stereocenters. The number of aromatic nitrogens is 2. The molecular formula is C21H20ClFN4O3. The van der Waals surface area contributed by atoms with Gasteiger partial charge in [0, 0.05) is 17.8 Å². The molecule has 1 aliphatic rings. The van der Waals surface area contributed by atoms with Gasteiger partial charge in [-0.25, -0.2) is 14.4 Å². The van der Waals surface area contributed by atoms with Gasteiger partial charge in [0.1, 0.15) is 18.0 Å². The molecule has 7 nitrogen and oxygen atoms in total. The summed E-state index contributed by atoms with van der Waals surface area (Å²) in [7, 11) is 0. The molecule has 1 aliphatic carbocycles. The SMILES string of the molecule is O=[N+]([O-])c1cc2c(Nc3ccc(F)c(Cl)c3)ncnc2cc1OCC1CCCCC1. The molecule has 0 saturated heterocycles. The van der Waals surface area contributed by atoms with Crippen LogP contribution >= 0.6 is 11.6 Å². The first-order valence-electron chi connectivity index (χ1n) is 9.79. The van der Waals surface area contributed by atoms with Crippen LogP contribution in [0.4, 0.5) is 21.6 Å². The molecule has 3 aromatic rings. The van der Waals surface area contributed by atoms with Crippen LogP contribution in [0.5, 0.6) is 5.75 Å². The Morgan fingerprint density at radius 1 is 1.20 bits per heavy atom. The van der Waals surface area contributed by atoms with Gasteiger partial charge >= 0.3 is 5.69 Å². The number of anilines is 2. The van der Waals surface area contributed by atoms with Crippen LogP contribution in [0, 0.1) is 21.8 Å². The van der Waals surface area contributed by atoms with E-state index in [0.29, 0.717) is 34.9 Å². The van der Waals surface area contributed by atoms with Gasteiger partial charge < -0.3 is 10.1 Å². The fraction of sp³-hybridized carbons (Fsp3) is 0.333. The standard InChI is InChI=1S/C21H20ClFN4O3/c22-16-8-14(6-7-17(16)23)26-21-15-9-19(27(28)29)20(10-18(15)24-12-25-21)30-11-13-4-2-1-3-5-13/h6-10,12-13H,1-5,11H2,(H,24,25,26). The van der Waals surface area contributed by atoms with Crippen molar-refractivity contribution >= 4 is 39.7 Å². The minimum absolute atomic E-state index is 0.0391. The van der Waals surface area contributed by atoms with Crippen molar-refractivity contribution in [3.63, 3.8) is 0 Å². The number of fused-ring (bicyclic) bond motifs is 1. The van der Waals surface area contributed by atoms with E-state index in [1.54, 1.807) is 6.07 Å². The zero-order valence-electron chi connectivity index (χ0n) is 16.1. The number of benzene rings is 2. The lowest BCUT2D eigenvalue weighted by Gasteiger charge is -2.21. The van der Waals surface area contributed by atoms with Gasteiger partial charge in [-0.05, 0) is 37.0 Å². The zero-order chi connectivity index (χ0) is 21.1. The molecule has 1 heterocycles. The average Bonchev–Trinajstić information content (AvgIpc) is 2.75. The molecule has 30 heavy (non-hydrogen) atoms. The summed E-state index contributed by atoms with van der Waals surface area (Å²) in [5.74, 6) is 0.433. The number of hydrogen-bond acceptors (Lipinski definition) is 6. The topological polar surface area (TPSA) is 90.2 Å². The quantitative estimate of drug-likeness (QED) is 0.379. The van der Waals surface area contributed by atoms with Gasteiger partial charge in [0.15, 0.2) is 5.75 Å². The average molecular weight is 431 g/mol. The van der Waals surface area contributed by atoms with Gasteiger partial charge in [0.2, 0.25) is 0 Å². The number of hydrogen-bond donors (Lipinski definition) is 1. The summed E-state index contributed by atoms with van der Waals surface area (Å²) in [4.78, 5) is 19.6. The van der Waals surface area contributed by atoms with E-state index in [1.807, 2.05) is 0 Å². The Bertz CT molecular complexity index is 1090. The highest BCUT2D eigenvalue weighted by Gasteiger charge is 2.21. The van der Waals surface area contributed by atoms with Crippen molar-refractivity contribution in [2.24, 2.45) is 5.92 Å². The largest absolute Gasteiger partial charge is 0.486 e. The third-order valence-corrected chi connectivity index (χ3v) is 5.58. The summed E-state index contributed by atoms with van der Waals surface area (Å²) in [6.45, 7) is 0.455. The zero-order valence-corrected chi connectivity index (χ0v) is 16.9. The highest BCUT2D eigenvalue weighted by Crippen LogP contribution is 2.36. The molecule has 0 amide bonds. The maximum atomic E-state index is 13.4. The second-order valence-corrected chi connectivity index (χ2v) is 7.79. The van der Waals surface area contributed by atoms with Crippen LogP contribution in [0.3, 0.4) is 0 Å². The molecule has 0 spiro atoms. The Balaban J connectivity index is 1.65. The highest BCUT2D eigenvalue weighted by atomic mass is 35.5. The summed E-state index contributed by atoms with van der Waals surface area (Å²) in [6, 6.07) is 7.12. The van der Waals surface area contributed by atoms with Crippen LogP contribution in [0.25, 0.3) is 10.9 Å². The second kappa shape index (κ2) is 8.79. The van der Waals surface area contributed by atoms with Crippen LogP contribution in [-0.2, 0) is 0 Å². The minimum atomic E-state index is -0.537. The lowest BCUT2D eigenvalue weighted by molar-refractivity contribution is -0.385. The van der Waals surface area contributed by atoms with Crippen LogP contribution in [0.15, 0.2) is 36.7 Å². The Labute approximate surface area is 177 Å². The second-order valence-electron chi connectivity index (χ2n) is 7.39. The minimum Gasteiger partial charge on any atom is -0.486 e. The van der Waals surface area contributed by atoms with Gasteiger partial charge in [-0.15, -0.1) is 0 Å². The van der Waals surface area contributed by atoms with Crippen molar-refractivity contribution in [2.75, 3.05) is 11.9 Å². The molecule has 1 N–H and O–H groups in total. The van der Waals surface area contributed by atoms with E-state index in [4.69, 9.17) is 16.3 Å². The Morgan fingerprint density at radius 2 is 2.00 bits per heavy atom. The van der Waals surface area contributed by atoms with E-state index in [0.717, 1.165) is 12.8 Å². The van der Waals surface area contributed by atoms with Crippen LogP contribution in [0.2, 0.25) is 5.02 Å². The van der Waals surface area contributed by atoms with E-state index >= 15 is 0 Å². The van der Waals surface area contributed by atoms with Crippen molar-refractivity contribution < 1.29 is 14.1 Å². The highest BCUT2D eigenvalue weighted by molar-refractivity contribution is 6.31. The number of nitrogens with zero attached hydrogens (tertiary/aromatic N) is 3. The monoisotopic (exact) mass is 430 g/mol.